The quantitative estimate of drug-likeness (QED) is 0.734. The maximum atomic E-state index is 10.4. The number of aryl methyl sites for hydroxylation is 1. The number of aliphatic hydroxyl groups excluding tert-OH is 1. The molecule has 2 aliphatic rings. The van der Waals surface area contributed by atoms with Crippen LogP contribution in [0.2, 0.25) is 0 Å². The Morgan fingerprint density at radius 1 is 1.07 bits per heavy atom. The van der Waals surface area contributed by atoms with Crippen LogP contribution in [-0.4, -0.2) is 61.3 Å². The van der Waals surface area contributed by atoms with Crippen LogP contribution >= 0.6 is 0 Å². The maximum Gasteiger partial charge on any atom is 0.144 e. The van der Waals surface area contributed by atoms with Crippen molar-refractivity contribution in [3.63, 3.8) is 0 Å². The van der Waals surface area contributed by atoms with Gasteiger partial charge in [-0.1, -0.05) is 59.8 Å². The van der Waals surface area contributed by atoms with Crippen molar-refractivity contribution >= 4 is 5.71 Å². The first kappa shape index (κ1) is 20.1. The summed E-state index contributed by atoms with van der Waals surface area (Å²) in [5.74, 6) is 0.323. The molecule has 2 aromatic rings. The third-order valence-corrected chi connectivity index (χ3v) is 5.77. The molecule has 0 amide bonds. The van der Waals surface area contributed by atoms with Crippen LogP contribution in [0.4, 0.5) is 0 Å². The van der Waals surface area contributed by atoms with Crippen molar-refractivity contribution in [2.45, 2.75) is 25.4 Å². The summed E-state index contributed by atoms with van der Waals surface area (Å²) in [6.07, 6.45) is 2.52. The molecular weight excluding hydrogens is 364 g/mol. The number of hydrogen-bond acceptors (Lipinski definition) is 5. The van der Waals surface area contributed by atoms with Crippen LogP contribution in [0.5, 0.6) is 0 Å². The van der Waals surface area contributed by atoms with E-state index in [1.54, 1.807) is 0 Å². The molecule has 0 radical (unpaired) electrons. The third-order valence-electron chi connectivity index (χ3n) is 5.77. The van der Waals surface area contributed by atoms with Crippen LogP contribution in [0.3, 0.4) is 0 Å². The molecule has 1 saturated heterocycles. The number of β-amino-alcohol motifs (C(OH)–C–C–N with tert-alkyl or cyclic N) is 1. The predicted molar refractivity (Wildman–Crippen MR) is 114 cm³/mol. The number of rotatable bonds is 7. The minimum atomic E-state index is -0.552. The van der Waals surface area contributed by atoms with Crippen molar-refractivity contribution in [2.24, 2.45) is 11.1 Å². The summed E-state index contributed by atoms with van der Waals surface area (Å²) in [4.78, 5) is 7.89. The average molecular weight is 395 g/mol. The van der Waals surface area contributed by atoms with E-state index in [9.17, 15) is 5.11 Å². The third kappa shape index (κ3) is 5.44. The minimum absolute atomic E-state index is 0.209. The van der Waals surface area contributed by atoms with Gasteiger partial charge in [0.05, 0.1) is 18.9 Å². The highest BCUT2D eigenvalue weighted by molar-refractivity contribution is 6.04. The van der Waals surface area contributed by atoms with Gasteiger partial charge in [-0.15, -0.1) is 0 Å². The van der Waals surface area contributed by atoms with E-state index in [0.717, 1.165) is 51.3 Å². The highest BCUT2D eigenvalue weighted by atomic mass is 16.6. The SMILES string of the molecule is OC(CO/N=C1/c2ccccc2CCC1Cc1ccccc1)CN1CCOCC1. The highest BCUT2D eigenvalue weighted by Gasteiger charge is 2.26. The summed E-state index contributed by atoms with van der Waals surface area (Å²) in [6.45, 7) is 3.98. The van der Waals surface area contributed by atoms with Gasteiger partial charge in [0.15, 0.2) is 0 Å². The molecular formula is C24H30N2O3. The maximum absolute atomic E-state index is 10.4. The van der Waals surface area contributed by atoms with Crippen molar-refractivity contribution in [3.8, 4) is 0 Å². The molecule has 1 N–H and O–H groups in total. The summed E-state index contributed by atoms with van der Waals surface area (Å²) in [5, 5.41) is 14.9. The Kier molecular flexibility index (Phi) is 6.93. The molecule has 0 spiro atoms. The molecule has 5 nitrogen and oxygen atoms in total. The van der Waals surface area contributed by atoms with Crippen molar-refractivity contribution in [3.05, 3.63) is 71.3 Å². The number of hydrogen-bond donors (Lipinski definition) is 1. The van der Waals surface area contributed by atoms with E-state index in [1.165, 1.54) is 16.7 Å². The summed E-state index contributed by atoms with van der Waals surface area (Å²) in [7, 11) is 0. The molecule has 1 fully saturated rings. The lowest BCUT2D eigenvalue weighted by Gasteiger charge is -2.28. The second-order valence-electron chi connectivity index (χ2n) is 7.92. The molecule has 4 rings (SSSR count). The fraction of sp³-hybridized carbons (Fsp3) is 0.458. The van der Waals surface area contributed by atoms with Gasteiger partial charge in [0.1, 0.15) is 12.7 Å². The second-order valence-corrected chi connectivity index (χ2v) is 7.92. The molecule has 2 aromatic carbocycles. The van der Waals surface area contributed by atoms with E-state index in [-0.39, 0.29) is 6.61 Å². The van der Waals surface area contributed by atoms with Gasteiger partial charge in [-0.3, -0.25) is 4.90 Å². The zero-order valence-corrected chi connectivity index (χ0v) is 16.9. The number of oxime groups is 1. The summed E-state index contributed by atoms with van der Waals surface area (Å²) < 4.78 is 5.36. The van der Waals surface area contributed by atoms with Crippen molar-refractivity contribution < 1.29 is 14.7 Å². The predicted octanol–water partition coefficient (Wildman–Crippen LogP) is 2.91. The average Bonchev–Trinajstić information content (AvgIpc) is 2.76. The first-order valence-corrected chi connectivity index (χ1v) is 10.6. The van der Waals surface area contributed by atoms with Crippen molar-refractivity contribution in [2.75, 3.05) is 39.5 Å². The Balaban J connectivity index is 1.43. The fourth-order valence-corrected chi connectivity index (χ4v) is 4.22. The van der Waals surface area contributed by atoms with Crippen LogP contribution in [0.1, 0.15) is 23.1 Å². The molecule has 154 valence electrons. The summed E-state index contributed by atoms with van der Waals surface area (Å²) in [6, 6.07) is 19.0. The largest absolute Gasteiger partial charge is 0.393 e. The van der Waals surface area contributed by atoms with E-state index < -0.39 is 6.10 Å². The Morgan fingerprint density at radius 2 is 1.83 bits per heavy atom. The monoisotopic (exact) mass is 394 g/mol. The number of fused-ring (bicyclic) bond motifs is 1. The van der Waals surface area contributed by atoms with E-state index in [0.29, 0.717) is 12.5 Å². The number of ether oxygens (including phenoxy) is 1. The zero-order valence-electron chi connectivity index (χ0n) is 16.9. The standard InChI is InChI=1S/C24H30N2O3/c27-22(17-26-12-14-28-15-13-26)18-29-25-24-21(16-19-6-2-1-3-7-19)11-10-20-8-4-5-9-23(20)24/h1-9,21-22,27H,10-18H2/b25-24+. The van der Waals surface area contributed by atoms with Gasteiger partial charge in [-0.2, -0.15) is 0 Å². The van der Waals surface area contributed by atoms with Gasteiger partial charge >= 0.3 is 0 Å². The molecule has 29 heavy (non-hydrogen) atoms. The van der Waals surface area contributed by atoms with Crippen LogP contribution in [0, 0.1) is 5.92 Å². The normalized spacial score (nSPS) is 22.2. The van der Waals surface area contributed by atoms with Crippen LogP contribution in [0.15, 0.2) is 59.8 Å². The number of aliphatic hydroxyl groups is 1. The Bertz CT molecular complexity index is 803. The van der Waals surface area contributed by atoms with Gasteiger partial charge in [-0.05, 0) is 30.4 Å². The molecule has 2 unspecified atom stereocenters. The summed E-state index contributed by atoms with van der Waals surface area (Å²) in [5.41, 5.74) is 4.83. The highest BCUT2D eigenvalue weighted by Crippen LogP contribution is 2.29. The number of nitrogens with zero attached hydrogens (tertiary/aromatic N) is 2. The van der Waals surface area contributed by atoms with E-state index in [1.807, 2.05) is 6.07 Å². The van der Waals surface area contributed by atoms with Gasteiger partial charge in [0.2, 0.25) is 0 Å². The van der Waals surface area contributed by atoms with E-state index in [4.69, 9.17) is 9.57 Å². The molecule has 5 heteroatoms. The Labute approximate surface area is 172 Å². The zero-order chi connectivity index (χ0) is 19.9. The van der Waals surface area contributed by atoms with Gasteiger partial charge in [0.25, 0.3) is 0 Å². The van der Waals surface area contributed by atoms with Crippen molar-refractivity contribution in [1.82, 2.24) is 4.90 Å². The van der Waals surface area contributed by atoms with Gasteiger partial charge in [0, 0.05) is 31.1 Å². The molecule has 1 aliphatic carbocycles. The Morgan fingerprint density at radius 3 is 2.66 bits per heavy atom. The van der Waals surface area contributed by atoms with Crippen molar-refractivity contribution in [1.29, 1.82) is 0 Å². The molecule has 0 saturated carbocycles. The lowest BCUT2D eigenvalue weighted by molar-refractivity contribution is -0.0133. The molecule has 2 atom stereocenters. The van der Waals surface area contributed by atoms with Gasteiger partial charge in [-0.25, -0.2) is 0 Å². The lowest BCUT2D eigenvalue weighted by Crippen LogP contribution is -2.42. The molecule has 0 aromatic heterocycles. The lowest BCUT2D eigenvalue weighted by atomic mass is 9.79. The Hall–Kier alpha value is -2.21. The van der Waals surface area contributed by atoms with E-state index >= 15 is 0 Å². The number of morpholine rings is 1. The first-order chi connectivity index (χ1) is 14.3. The molecule has 0 bridgehead atoms. The summed E-state index contributed by atoms with van der Waals surface area (Å²) >= 11 is 0. The second kappa shape index (κ2) is 10.0. The first-order valence-electron chi connectivity index (χ1n) is 10.6. The number of benzene rings is 2. The van der Waals surface area contributed by atoms with Crippen LogP contribution in [-0.2, 0) is 22.4 Å². The van der Waals surface area contributed by atoms with Gasteiger partial charge < -0.3 is 14.7 Å². The molecule has 1 heterocycles. The van der Waals surface area contributed by atoms with Crippen LogP contribution in [0.25, 0.3) is 0 Å². The fourth-order valence-electron chi connectivity index (χ4n) is 4.22. The van der Waals surface area contributed by atoms with E-state index in [2.05, 4.69) is 58.6 Å². The smallest absolute Gasteiger partial charge is 0.144 e. The topological polar surface area (TPSA) is 54.3 Å². The minimum Gasteiger partial charge on any atom is -0.393 e. The molecule has 1 aliphatic heterocycles. The van der Waals surface area contributed by atoms with Crippen LogP contribution < -0.4 is 0 Å².